The number of amides is 1. The molecular weight excluding hydrogens is 322 g/mol. The summed E-state index contributed by atoms with van der Waals surface area (Å²) in [7, 11) is -2.02. The van der Waals surface area contributed by atoms with E-state index in [0.29, 0.717) is 17.5 Å². The lowest BCUT2D eigenvalue weighted by atomic mass is 10.1. The number of nitrogens with two attached hydrogens (primary N) is 1. The van der Waals surface area contributed by atoms with Crippen molar-refractivity contribution in [3.05, 3.63) is 29.8 Å². The van der Waals surface area contributed by atoms with Crippen molar-refractivity contribution in [3.63, 3.8) is 0 Å². The Labute approximate surface area is 144 Å². The number of carbonyl (C=O) groups is 1. The second kappa shape index (κ2) is 7.61. The van der Waals surface area contributed by atoms with Crippen molar-refractivity contribution in [1.29, 1.82) is 0 Å². The van der Waals surface area contributed by atoms with Gasteiger partial charge in [0.25, 0.3) is 8.32 Å². The van der Waals surface area contributed by atoms with Crippen LogP contribution in [0.15, 0.2) is 29.4 Å². The highest BCUT2D eigenvalue weighted by atomic mass is 28.4. The number of oxime groups is 1. The normalized spacial score (nSPS) is 14.0. The molecule has 1 rings (SSSR count). The average molecular weight is 348 g/mol. The molecule has 0 bridgehead atoms. The molecule has 6 nitrogen and oxygen atoms in total. The Morgan fingerprint density at radius 2 is 1.88 bits per heavy atom. The zero-order valence-corrected chi connectivity index (χ0v) is 16.2. The highest BCUT2D eigenvalue weighted by Crippen LogP contribution is 2.36. The van der Waals surface area contributed by atoms with Crippen LogP contribution in [-0.2, 0) is 14.1 Å². The SMILES string of the molecule is CC(C=O)N([C]=O)c1ccc(C(N)=NO[Si](C)(C)C(C)(C)C)cc1. The van der Waals surface area contributed by atoms with Gasteiger partial charge in [-0.15, -0.1) is 0 Å². The first kappa shape index (κ1) is 19.9. The van der Waals surface area contributed by atoms with E-state index in [-0.39, 0.29) is 10.9 Å². The summed E-state index contributed by atoms with van der Waals surface area (Å²) in [5.74, 6) is 0.274. The average Bonchev–Trinajstić information content (AvgIpc) is 2.52. The molecule has 0 saturated carbocycles. The molecule has 0 aliphatic carbocycles. The number of hydrogen-bond acceptors (Lipinski definition) is 4. The summed E-state index contributed by atoms with van der Waals surface area (Å²) in [5, 5.41) is 4.12. The Balaban J connectivity index is 2.94. The van der Waals surface area contributed by atoms with E-state index in [1.165, 1.54) is 4.90 Å². The first-order valence-corrected chi connectivity index (χ1v) is 10.7. The lowest BCUT2D eigenvalue weighted by Crippen LogP contribution is -2.39. The van der Waals surface area contributed by atoms with Crippen LogP contribution in [0.25, 0.3) is 0 Å². The molecule has 0 saturated heterocycles. The molecular formula is C17H26N3O3Si. The number of carbonyl (C=O) groups excluding carboxylic acids is 2. The standard InChI is InChI=1S/C17H26N3O3Si/c1-13(11-21)20(12-22)15-9-7-14(8-10-15)16(18)19-23-24(5,6)17(2,3)4/h7-11,13H,1-6H3,(H2,18,19). The van der Waals surface area contributed by atoms with Crippen molar-refractivity contribution in [1.82, 2.24) is 0 Å². The van der Waals surface area contributed by atoms with E-state index in [9.17, 15) is 9.59 Å². The van der Waals surface area contributed by atoms with Crippen LogP contribution in [0, 0.1) is 0 Å². The summed E-state index contributed by atoms with van der Waals surface area (Å²) < 4.78 is 5.75. The predicted molar refractivity (Wildman–Crippen MR) is 99.1 cm³/mol. The molecule has 1 amide bonds. The maximum Gasteiger partial charge on any atom is 0.317 e. The molecule has 0 aliphatic heterocycles. The fraction of sp³-hybridized carbons (Fsp3) is 0.471. The predicted octanol–water partition coefficient (Wildman–Crippen LogP) is 2.79. The highest BCUT2D eigenvalue weighted by molar-refractivity contribution is 6.74. The zero-order valence-electron chi connectivity index (χ0n) is 15.2. The summed E-state index contributed by atoms with van der Waals surface area (Å²) in [6.07, 6.45) is 2.43. The van der Waals surface area contributed by atoms with E-state index in [4.69, 9.17) is 10.3 Å². The fourth-order valence-electron chi connectivity index (χ4n) is 1.58. The number of nitrogens with zero attached hydrogens (tertiary/aromatic N) is 2. The monoisotopic (exact) mass is 348 g/mol. The van der Waals surface area contributed by atoms with Crippen molar-refractivity contribution >= 4 is 32.5 Å². The lowest BCUT2D eigenvalue weighted by molar-refractivity contribution is -0.108. The third-order valence-corrected chi connectivity index (χ3v) is 8.48. The lowest BCUT2D eigenvalue weighted by Gasteiger charge is -2.33. The van der Waals surface area contributed by atoms with E-state index < -0.39 is 14.4 Å². The van der Waals surface area contributed by atoms with Crippen LogP contribution in [-0.4, -0.2) is 32.9 Å². The molecule has 0 aliphatic rings. The van der Waals surface area contributed by atoms with Gasteiger partial charge < -0.3 is 15.1 Å². The molecule has 2 N–H and O–H groups in total. The van der Waals surface area contributed by atoms with Gasteiger partial charge >= 0.3 is 6.41 Å². The van der Waals surface area contributed by atoms with Crippen LogP contribution < -0.4 is 10.6 Å². The Kier molecular flexibility index (Phi) is 6.31. The fourth-order valence-corrected chi connectivity index (χ4v) is 2.18. The largest absolute Gasteiger partial charge is 0.453 e. The molecule has 0 spiro atoms. The van der Waals surface area contributed by atoms with Crippen molar-refractivity contribution in [2.24, 2.45) is 10.9 Å². The second-order valence-corrected chi connectivity index (χ2v) is 11.9. The first-order valence-electron chi connectivity index (χ1n) is 7.78. The Morgan fingerprint density at radius 1 is 1.33 bits per heavy atom. The summed E-state index contributed by atoms with van der Waals surface area (Å²) in [5.41, 5.74) is 7.23. The van der Waals surface area contributed by atoms with Crippen LogP contribution in [0.4, 0.5) is 5.69 Å². The van der Waals surface area contributed by atoms with Gasteiger partial charge in [0.1, 0.15) is 6.29 Å². The number of rotatable bonds is 7. The van der Waals surface area contributed by atoms with Crippen LogP contribution in [0.2, 0.25) is 18.1 Å². The zero-order chi connectivity index (χ0) is 18.5. The minimum atomic E-state index is -2.02. The molecule has 0 aromatic heterocycles. The van der Waals surface area contributed by atoms with Gasteiger partial charge in [0, 0.05) is 11.3 Å². The molecule has 24 heavy (non-hydrogen) atoms. The van der Waals surface area contributed by atoms with Crippen LogP contribution >= 0.6 is 0 Å². The highest BCUT2D eigenvalue weighted by Gasteiger charge is 2.39. The van der Waals surface area contributed by atoms with Gasteiger partial charge in [-0.2, -0.15) is 0 Å². The quantitative estimate of drug-likeness (QED) is 0.205. The third kappa shape index (κ3) is 4.67. The molecule has 1 unspecified atom stereocenters. The van der Waals surface area contributed by atoms with E-state index in [1.54, 1.807) is 37.6 Å². The topological polar surface area (TPSA) is 85.0 Å². The minimum absolute atomic E-state index is 0.0336. The smallest absolute Gasteiger partial charge is 0.317 e. The molecule has 1 aromatic carbocycles. The molecule has 1 aromatic rings. The van der Waals surface area contributed by atoms with Crippen LogP contribution in [0.3, 0.4) is 0 Å². The molecule has 1 radical (unpaired) electrons. The van der Waals surface area contributed by atoms with Gasteiger partial charge in [0.2, 0.25) is 0 Å². The molecule has 1 atom stereocenters. The summed E-state index contributed by atoms with van der Waals surface area (Å²) >= 11 is 0. The van der Waals surface area contributed by atoms with E-state index in [1.807, 2.05) is 0 Å². The van der Waals surface area contributed by atoms with E-state index in [2.05, 4.69) is 39.0 Å². The Morgan fingerprint density at radius 3 is 2.29 bits per heavy atom. The summed E-state index contributed by atoms with van der Waals surface area (Å²) in [6.45, 7) is 12.2. The van der Waals surface area contributed by atoms with Gasteiger partial charge in [-0.25, -0.2) is 0 Å². The van der Waals surface area contributed by atoms with Crippen molar-refractivity contribution in [2.75, 3.05) is 4.90 Å². The number of aldehydes is 1. The van der Waals surface area contributed by atoms with E-state index in [0.717, 1.165) is 0 Å². The third-order valence-electron chi connectivity index (χ3n) is 4.32. The van der Waals surface area contributed by atoms with Crippen molar-refractivity contribution in [2.45, 2.75) is 51.9 Å². The van der Waals surface area contributed by atoms with Gasteiger partial charge in [0.05, 0.1) is 6.04 Å². The number of hydrogen-bond donors (Lipinski definition) is 1. The van der Waals surface area contributed by atoms with Crippen LogP contribution in [0.1, 0.15) is 33.3 Å². The Bertz CT molecular complexity index is 607. The molecule has 0 fully saturated rings. The van der Waals surface area contributed by atoms with Gasteiger partial charge in [0.15, 0.2) is 5.84 Å². The molecule has 7 heteroatoms. The number of amidine groups is 1. The van der Waals surface area contributed by atoms with Crippen molar-refractivity contribution in [3.8, 4) is 0 Å². The summed E-state index contributed by atoms with van der Waals surface area (Å²) in [4.78, 5) is 23.1. The molecule has 0 heterocycles. The number of anilines is 1. The second-order valence-electron chi connectivity index (χ2n) is 7.21. The van der Waals surface area contributed by atoms with Gasteiger partial charge in [-0.3, -0.25) is 9.69 Å². The number of benzene rings is 1. The van der Waals surface area contributed by atoms with Crippen molar-refractivity contribution < 1.29 is 14.1 Å². The first-order chi connectivity index (χ1) is 11.0. The maximum absolute atomic E-state index is 11.0. The molecule has 131 valence electrons. The van der Waals surface area contributed by atoms with Gasteiger partial charge in [-0.05, 0) is 49.3 Å². The van der Waals surface area contributed by atoms with Crippen LogP contribution in [0.5, 0.6) is 0 Å². The van der Waals surface area contributed by atoms with E-state index >= 15 is 0 Å². The summed E-state index contributed by atoms with van der Waals surface area (Å²) in [6, 6.07) is 6.25. The minimum Gasteiger partial charge on any atom is -0.453 e. The van der Waals surface area contributed by atoms with Gasteiger partial charge in [-0.1, -0.05) is 25.9 Å². The maximum atomic E-state index is 11.0. The Hall–Kier alpha value is -2.15.